The first-order chi connectivity index (χ1) is 6.45. The van der Waals surface area contributed by atoms with Crippen LogP contribution in [0.15, 0.2) is 12.4 Å². The summed E-state index contributed by atoms with van der Waals surface area (Å²) in [5, 5.41) is 0. The number of imidazole rings is 1. The first-order valence-corrected chi connectivity index (χ1v) is 5.01. The first kappa shape index (κ1) is 8.75. The van der Waals surface area contributed by atoms with Gasteiger partial charge in [-0.25, -0.2) is 4.98 Å². The van der Waals surface area contributed by atoms with E-state index in [0.29, 0.717) is 0 Å². The summed E-state index contributed by atoms with van der Waals surface area (Å²) >= 11 is 0. The Labute approximate surface area is 78.5 Å². The molecule has 1 aromatic heterocycles. The van der Waals surface area contributed by atoms with Gasteiger partial charge in [0.15, 0.2) is 0 Å². The Balaban J connectivity index is 1.86. The zero-order chi connectivity index (χ0) is 8.93. The van der Waals surface area contributed by atoms with E-state index in [-0.39, 0.29) is 0 Å². The SMILES string of the molecule is c1c[nH]c(CC2CCCOCC2)n1. The molecule has 0 aromatic carbocycles. The minimum Gasteiger partial charge on any atom is -0.381 e. The minimum atomic E-state index is 0.758. The molecule has 1 unspecified atom stereocenters. The fourth-order valence-corrected chi connectivity index (χ4v) is 1.86. The topological polar surface area (TPSA) is 37.9 Å². The molecule has 1 fully saturated rings. The third-order valence-corrected chi connectivity index (χ3v) is 2.61. The Morgan fingerprint density at radius 3 is 3.31 bits per heavy atom. The maximum absolute atomic E-state index is 5.41. The summed E-state index contributed by atoms with van der Waals surface area (Å²) in [7, 11) is 0. The van der Waals surface area contributed by atoms with Gasteiger partial charge in [-0.15, -0.1) is 0 Å². The maximum atomic E-state index is 5.41. The molecule has 2 rings (SSSR count). The summed E-state index contributed by atoms with van der Waals surface area (Å²) in [5.74, 6) is 1.88. The molecule has 1 aromatic rings. The van der Waals surface area contributed by atoms with E-state index in [2.05, 4.69) is 9.97 Å². The number of H-pyrrole nitrogens is 1. The first-order valence-electron chi connectivity index (χ1n) is 5.01. The molecule has 0 spiro atoms. The number of aromatic amines is 1. The van der Waals surface area contributed by atoms with Crippen molar-refractivity contribution >= 4 is 0 Å². The number of aromatic nitrogens is 2. The lowest BCUT2D eigenvalue weighted by Crippen LogP contribution is -2.06. The molecule has 1 N–H and O–H groups in total. The average molecular weight is 180 g/mol. The van der Waals surface area contributed by atoms with Crippen molar-refractivity contribution in [2.45, 2.75) is 25.7 Å². The van der Waals surface area contributed by atoms with Crippen molar-refractivity contribution in [1.82, 2.24) is 9.97 Å². The van der Waals surface area contributed by atoms with Crippen LogP contribution < -0.4 is 0 Å². The van der Waals surface area contributed by atoms with Crippen molar-refractivity contribution in [2.24, 2.45) is 5.92 Å². The molecule has 2 heterocycles. The molecule has 1 aliphatic heterocycles. The van der Waals surface area contributed by atoms with Crippen molar-refractivity contribution in [3.63, 3.8) is 0 Å². The predicted molar refractivity (Wildman–Crippen MR) is 50.5 cm³/mol. The molecule has 13 heavy (non-hydrogen) atoms. The molecule has 1 aliphatic rings. The second-order valence-corrected chi connectivity index (χ2v) is 3.65. The number of nitrogens with zero attached hydrogens (tertiary/aromatic N) is 1. The molecule has 0 radical (unpaired) electrons. The van der Waals surface area contributed by atoms with E-state index < -0.39 is 0 Å². The van der Waals surface area contributed by atoms with Gasteiger partial charge < -0.3 is 9.72 Å². The normalized spacial score (nSPS) is 24.2. The van der Waals surface area contributed by atoms with Crippen molar-refractivity contribution in [3.8, 4) is 0 Å². The van der Waals surface area contributed by atoms with Gasteiger partial charge in [0.1, 0.15) is 5.82 Å². The average Bonchev–Trinajstić information content (AvgIpc) is 2.49. The second kappa shape index (κ2) is 4.42. The van der Waals surface area contributed by atoms with Crippen LogP contribution in [0.25, 0.3) is 0 Å². The molecule has 1 atom stereocenters. The van der Waals surface area contributed by atoms with E-state index in [1.165, 1.54) is 19.3 Å². The van der Waals surface area contributed by atoms with Gasteiger partial charge in [-0.3, -0.25) is 0 Å². The molecule has 3 heteroatoms. The molecule has 0 bridgehead atoms. The van der Waals surface area contributed by atoms with Gasteiger partial charge >= 0.3 is 0 Å². The Morgan fingerprint density at radius 1 is 1.46 bits per heavy atom. The van der Waals surface area contributed by atoms with Crippen molar-refractivity contribution in [2.75, 3.05) is 13.2 Å². The fourth-order valence-electron chi connectivity index (χ4n) is 1.86. The third-order valence-electron chi connectivity index (χ3n) is 2.61. The molecular weight excluding hydrogens is 164 g/mol. The van der Waals surface area contributed by atoms with Gasteiger partial charge in [-0.1, -0.05) is 0 Å². The van der Waals surface area contributed by atoms with Crippen LogP contribution in [0.1, 0.15) is 25.1 Å². The highest BCUT2D eigenvalue weighted by atomic mass is 16.5. The lowest BCUT2D eigenvalue weighted by atomic mass is 9.97. The van der Waals surface area contributed by atoms with Crippen LogP contribution in [0.5, 0.6) is 0 Å². The molecule has 1 saturated heterocycles. The molecule has 72 valence electrons. The predicted octanol–water partition coefficient (Wildman–Crippen LogP) is 1.77. The van der Waals surface area contributed by atoms with Gasteiger partial charge in [0.25, 0.3) is 0 Å². The lowest BCUT2D eigenvalue weighted by Gasteiger charge is -2.10. The van der Waals surface area contributed by atoms with Gasteiger partial charge in [0.05, 0.1) is 0 Å². The highest BCUT2D eigenvalue weighted by Gasteiger charge is 2.13. The van der Waals surface area contributed by atoms with E-state index in [1.54, 1.807) is 0 Å². The maximum Gasteiger partial charge on any atom is 0.106 e. The van der Waals surface area contributed by atoms with Gasteiger partial charge in [0.2, 0.25) is 0 Å². The zero-order valence-corrected chi connectivity index (χ0v) is 7.83. The summed E-state index contributed by atoms with van der Waals surface area (Å²) in [5.41, 5.74) is 0. The van der Waals surface area contributed by atoms with Crippen LogP contribution in [0.4, 0.5) is 0 Å². The van der Waals surface area contributed by atoms with E-state index in [1.807, 2.05) is 12.4 Å². The van der Waals surface area contributed by atoms with E-state index in [0.717, 1.165) is 31.4 Å². The molecule has 3 nitrogen and oxygen atoms in total. The second-order valence-electron chi connectivity index (χ2n) is 3.65. The molecule has 0 saturated carbocycles. The monoisotopic (exact) mass is 180 g/mol. The van der Waals surface area contributed by atoms with Crippen LogP contribution in [0, 0.1) is 5.92 Å². The lowest BCUT2D eigenvalue weighted by molar-refractivity contribution is 0.141. The number of hydrogen-bond donors (Lipinski definition) is 1. The Bertz CT molecular complexity index is 225. The van der Waals surface area contributed by atoms with Crippen LogP contribution in [-0.4, -0.2) is 23.2 Å². The van der Waals surface area contributed by atoms with Crippen molar-refractivity contribution in [3.05, 3.63) is 18.2 Å². The largest absolute Gasteiger partial charge is 0.381 e. The number of hydrogen-bond acceptors (Lipinski definition) is 2. The Hall–Kier alpha value is -0.830. The zero-order valence-electron chi connectivity index (χ0n) is 7.83. The third kappa shape index (κ3) is 2.56. The van der Waals surface area contributed by atoms with Crippen molar-refractivity contribution < 1.29 is 4.74 Å². The van der Waals surface area contributed by atoms with Crippen LogP contribution >= 0.6 is 0 Å². The highest BCUT2D eigenvalue weighted by Crippen LogP contribution is 2.18. The molecule has 0 amide bonds. The smallest absolute Gasteiger partial charge is 0.106 e. The van der Waals surface area contributed by atoms with Gasteiger partial charge in [-0.05, 0) is 25.2 Å². The Kier molecular flexibility index (Phi) is 2.98. The highest BCUT2D eigenvalue weighted by molar-refractivity contribution is 4.89. The molecule has 0 aliphatic carbocycles. The summed E-state index contributed by atoms with van der Waals surface area (Å²) in [6.45, 7) is 1.86. The number of rotatable bonds is 2. The number of nitrogens with one attached hydrogen (secondary N) is 1. The summed E-state index contributed by atoms with van der Waals surface area (Å²) in [6.07, 6.45) is 8.45. The minimum absolute atomic E-state index is 0.758. The summed E-state index contributed by atoms with van der Waals surface area (Å²) in [6, 6.07) is 0. The summed E-state index contributed by atoms with van der Waals surface area (Å²) in [4.78, 5) is 7.40. The summed E-state index contributed by atoms with van der Waals surface area (Å²) < 4.78 is 5.41. The van der Waals surface area contributed by atoms with E-state index >= 15 is 0 Å². The van der Waals surface area contributed by atoms with E-state index in [9.17, 15) is 0 Å². The van der Waals surface area contributed by atoms with Crippen molar-refractivity contribution in [1.29, 1.82) is 0 Å². The van der Waals surface area contributed by atoms with Crippen LogP contribution in [0.2, 0.25) is 0 Å². The quantitative estimate of drug-likeness (QED) is 0.753. The van der Waals surface area contributed by atoms with E-state index in [4.69, 9.17) is 4.74 Å². The number of ether oxygens (including phenoxy) is 1. The fraction of sp³-hybridized carbons (Fsp3) is 0.700. The van der Waals surface area contributed by atoms with Crippen LogP contribution in [-0.2, 0) is 11.2 Å². The standard InChI is InChI=1S/C10H16N2O/c1-2-9(3-7-13-6-1)8-10-11-4-5-12-10/h4-5,9H,1-3,6-8H2,(H,11,12). The van der Waals surface area contributed by atoms with Gasteiger partial charge in [-0.2, -0.15) is 0 Å². The van der Waals surface area contributed by atoms with Crippen LogP contribution in [0.3, 0.4) is 0 Å². The molecular formula is C10H16N2O. The van der Waals surface area contributed by atoms with Gasteiger partial charge in [0, 0.05) is 32.0 Å². The Morgan fingerprint density at radius 2 is 2.46 bits per heavy atom.